The van der Waals surface area contributed by atoms with Gasteiger partial charge in [-0.3, -0.25) is 0 Å². The molecule has 0 bridgehead atoms. The lowest BCUT2D eigenvalue weighted by atomic mass is 10.0. The van der Waals surface area contributed by atoms with Crippen LogP contribution in [0, 0.1) is 6.92 Å². The largest absolute Gasteiger partial charge is 0.416 e. The summed E-state index contributed by atoms with van der Waals surface area (Å²) < 4.78 is 38.3. The van der Waals surface area contributed by atoms with Gasteiger partial charge < -0.3 is 4.90 Å². The van der Waals surface area contributed by atoms with Gasteiger partial charge in [0, 0.05) is 6.54 Å². The summed E-state index contributed by atoms with van der Waals surface area (Å²) in [4.78, 5) is 2.05. The summed E-state index contributed by atoms with van der Waals surface area (Å²) in [5.41, 5.74) is 0.470. The van der Waals surface area contributed by atoms with Crippen molar-refractivity contribution in [2.75, 3.05) is 13.6 Å². The SMILES string of the molecule is CCCCN(C)Cc1ccc(C)c(C(F)(F)F)c1. The molecular weight excluding hydrogens is 239 g/mol. The Balaban J connectivity index is 2.79. The van der Waals surface area contributed by atoms with E-state index in [9.17, 15) is 13.2 Å². The molecule has 0 unspecified atom stereocenters. The number of aryl methyl sites for hydroxylation is 1. The molecule has 0 heterocycles. The normalized spacial score (nSPS) is 12.2. The monoisotopic (exact) mass is 259 g/mol. The minimum absolute atomic E-state index is 0.280. The van der Waals surface area contributed by atoms with Crippen LogP contribution in [0.2, 0.25) is 0 Å². The van der Waals surface area contributed by atoms with Crippen molar-refractivity contribution in [3.8, 4) is 0 Å². The van der Waals surface area contributed by atoms with Crippen molar-refractivity contribution in [2.45, 2.75) is 39.4 Å². The van der Waals surface area contributed by atoms with Gasteiger partial charge in [-0.1, -0.05) is 25.5 Å². The predicted molar refractivity (Wildman–Crippen MR) is 67.4 cm³/mol. The van der Waals surface area contributed by atoms with Crippen LogP contribution < -0.4 is 0 Å². The zero-order valence-corrected chi connectivity index (χ0v) is 11.1. The number of benzene rings is 1. The number of hydrogen-bond acceptors (Lipinski definition) is 1. The average Bonchev–Trinajstić information content (AvgIpc) is 2.27. The lowest BCUT2D eigenvalue weighted by Gasteiger charge is -2.18. The molecule has 0 radical (unpaired) electrons. The molecule has 4 heteroatoms. The van der Waals surface area contributed by atoms with Crippen LogP contribution in [-0.4, -0.2) is 18.5 Å². The fourth-order valence-corrected chi connectivity index (χ4v) is 1.89. The van der Waals surface area contributed by atoms with Crippen molar-refractivity contribution in [1.82, 2.24) is 4.90 Å². The second-order valence-electron chi connectivity index (χ2n) is 4.74. The molecule has 0 amide bonds. The third-order valence-electron chi connectivity index (χ3n) is 2.95. The molecule has 102 valence electrons. The van der Waals surface area contributed by atoms with Gasteiger partial charge in [0.2, 0.25) is 0 Å². The van der Waals surface area contributed by atoms with Crippen molar-refractivity contribution in [3.63, 3.8) is 0 Å². The maximum absolute atomic E-state index is 12.8. The quantitative estimate of drug-likeness (QED) is 0.764. The van der Waals surface area contributed by atoms with E-state index in [1.54, 1.807) is 12.1 Å². The molecule has 0 atom stereocenters. The van der Waals surface area contributed by atoms with Crippen LogP contribution in [-0.2, 0) is 12.7 Å². The van der Waals surface area contributed by atoms with Gasteiger partial charge in [-0.05, 0) is 44.1 Å². The van der Waals surface area contributed by atoms with Gasteiger partial charge in [0.15, 0.2) is 0 Å². The Kier molecular flexibility index (Phi) is 5.20. The van der Waals surface area contributed by atoms with Crippen LogP contribution in [0.4, 0.5) is 13.2 Å². The Labute approximate surface area is 107 Å². The second kappa shape index (κ2) is 6.23. The van der Waals surface area contributed by atoms with Crippen LogP contribution >= 0.6 is 0 Å². The minimum atomic E-state index is -4.26. The molecule has 18 heavy (non-hydrogen) atoms. The summed E-state index contributed by atoms with van der Waals surface area (Å²) in [6.45, 7) is 5.06. The third-order valence-corrected chi connectivity index (χ3v) is 2.95. The Morgan fingerprint density at radius 2 is 1.89 bits per heavy atom. The number of rotatable bonds is 5. The van der Waals surface area contributed by atoms with Crippen molar-refractivity contribution >= 4 is 0 Å². The highest BCUT2D eigenvalue weighted by Crippen LogP contribution is 2.32. The van der Waals surface area contributed by atoms with E-state index in [-0.39, 0.29) is 5.56 Å². The molecule has 0 N–H and O–H groups in total. The van der Waals surface area contributed by atoms with Gasteiger partial charge >= 0.3 is 6.18 Å². The van der Waals surface area contributed by atoms with E-state index in [1.165, 1.54) is 13.0 Å². The van der Waals surface area contributed by atoms with Gasteiger partial charge in [0.1, 0.15) is 0 Å². The second-order valence-corrected chi connectivity index (χ2v) is 4.74. The molecule has 1 aromatic rings. The van der Waals surface area contributed by atoms with E-state index in [0.717, 1.165) is 19.4 Å². The molecule has 0 spiro atoms. The Hall–Kier alpha value is -1.03. The fraction of sp³-hybridized carbons (Fsp3) is 0.571. The number of hydrogen-bond donors (Lipinski definition) is 0. The van der Waals surface area contributed by atoms with Crippen LogP contribution in [0.5, 0.6) is 0 Å². The molecule has 0 saturated heterocycles. The van der Waals surface area contributed by atoms with Crippen LogP contribution in [0.25, 0.3) is 0 Å². The molecule has 1 aromatic carbocycles. The van der Waals surface area contributed by atoms with E-state index >= 15 is 0 Å². The van der Waals surface area contributed by atoms with Crippen molar-refractivity contribution in [2.24, 2.45) is 0 Å². The Bertz CT molecular complexity index is 385. The third kappa shape index (κ3) is 4.33. The van der Waals surface area contributed by atoms with E-state index < -0.39 is 11.7 Å². The first-order valence-electron chi connectivity index (χ1n) is 6.20. The number of halogens is 3. The van der Waals surface area contributed by atoms with Crippen molar-refractivity contribution in [3.05, 3.63) is 34.9 Å². The Morgan fingerprint density at radius 3 is 2.44 bits per heavy atom. The van der Waals surface area contributed by atoms with Crippen molar-refractivity contribution < 1.29 is 13.2 Å². The highest BCUT2D eigenvalue weighted by Gasteiger charge is 2.32. The van der Waals surface area contributed by atoms with Crippen LogP contribution in [0.15, 0.2) is 18.2 Å². The molecule has 1 nitrogen and oxygen atoms in total. The maximum Gasteiger partial charge on any atom is 0.416 e. The molecule has 0 aliphatic carbocycles. The van der Waals surface area contributed by atoms with Crippen molar-refractivity contribution in [1.29, 1.82) is 0 Å². The number of unbranched alkanes of at least 4 members (excludes halogenated alkanes) is 1. The standard InChI is InChI=1S/C14H20F3N/c1-4-5-8-18(3)10-12-7-6-11(2)13(9-12)14(15,16)17/h6-7,9H,4-5,8,10H2,1-3H3. The van der Waals surface area contributed by atoms with Crippen LogP contribution in [0.1, 0.15) is 36.5 Å². The molecule has 1 rings (SSSR count). The maximum atomic E-state index is 12.8. The summed E-state index contributed by atoms with van der Waals surface area (Å²) in [7, 11) is 1.93. The van der Waals surface area contributed by atoms with Crippen LogP contribution in [0.3, 0.4) is 0 Å². The number of alkyl halides is 3. The first-order chi connectivity index (χ1) is 8.34. The smallest absolute Gasteiger partial charge is 0.302 e. The predicted octanol–water partition coefficient (Wildman–Crippen LogP) is 4.25. The van der Waals surface area contributed by atoms with Gasteiger partial charge in [0.25, 0.3) is 0 Å². The highest BCUT2D eigenvalue weighted by molar-refractivity contribution is 5.33. The zero-order chi connectivity index (χ0) is 13.8. The molecule has 0 aliphatic heterocycles. The summed E-state index contributed by atoms with van der Waals surface area (Å²) in [6, 6.07) is 4.58. The highest BCUT2D eigenvalue weighted by atomic mass is 19.4. The number of nitrogens with zero attached hydrogens (tertiary/aromatic N) is 1. The zero-order valence-electron chi connectivity index (χ0n) is 11.1. The molecular formula is C14H20F3N. The fourth-order valence-electron chi connectivity index (χ4n) is 1.89. The Morgan fingerprint density at radius 1 is 1.22 bits per heavy atom. The summed E-state index contributed by atoms with van der Waals surface area (Å²) in [5, 5.41) is 0. The van der Waals surface area contributed by atoms with Gasteiger partial charge in [-0.25, -0.2) is 0 Å². The first kappa shape index (κ1) is 15.0. The molecule has 0 aliphatic rings. The summed E-state index contributed by atoms with van der Waals surface area (Å²) in [5.74, 6) is 0. The van der Waals surface area contributed by atoms with E-state index in [4.69, 9.17) is 0 Å². The summed E-state index contributed by atoms with van der Waals surface area (Å²) >= 11 is 0. The topological polar surface area (TPSA) is 3.24 Å². The van der Waals surface area contributed by atoms with E-state index in [2.05, 4.69) is 6.92 Å². The average molecular weight is 259 g/mol. The van der Waals surface area contributed by atoms with E-state index in [0.29, 0.717) is 12.1 Å². The summed E-state index contributed by atoms with van der Waals surface area (Å²) in [6.07, 6.45) is -2.11. The lowest BCUT2D eigenvalue weighted by Crippen LogP contribution is -2.19. The van der Waals surface area contributed by atoms with E-state index in [1.807, 2.05) is 11.9 Å². The molecule has 0 fully saturated rings. The molecule has 0 aromatic heterocycles. The molecule has 0 saturated carbocycles. The first-order valence-corrected chi connectivity index (χ1v) is 6.20. The lowest BCUT2D eigenvalue weighted by molar-refractivity contribution is -0.138. The van der Waals surface area contributed by atoms with Gasteiger partial charge in [-0.15, -0.1) is 0 Å². The van der Waals surface area contributed by atoms with Gasteiger partial charge in [-0.2, -0.15) is 13.2 Å². The van der Waals surface area contributed by atoms with Gasteiger partial charge in [0.05, 0.1) is 5.56 Å². The minimum Gasteiger partial charge on any atom is -0.302 e.